The molecule has 0 fully saturated rings. The standard InChI is InChI=1S/C20H27FN2O2/c1-3-5-8-15(4-2)13-22-19(24)11-12-20-23-14-18(25-20)16-9-6-7-10-17(16)21/h6-7,9-10,14-15H,3-5,8,11-13H2,1-2H3,(H,22,24). The average Bonchev–Trinajstić information content (AvgIpc) is 3.09. The van der Waals surface area contributed by atoms with E-state index in [0.29, 0.717) is 36.0 Å². The van der Waals surface area contributed by atoms with Gasteiger partial charge in [-0.2, -0.15) is 0 Å². The first-order valence-electron chi connectivity index (χ1n) is 9.10. The molecule has 0 saturated heterocycles. The number of benzene rings is 1. The second-order valence-corrected chi connectivity index (χ2v) is 6.32. The third kappa shape index (κ3) is 6.00. The van der Waals surface area contributed by atoms with Crippen LogP contribution in [0.1, 0.15) is 51.8 Å². The van der Waals surface area contributed by atoms with Gasteiger partial charge in [0.15, 0.2) is 11.7 Å². The van der Waals surface area contributed by atoms with Gasteiger partial charge in [0.25, 0.3) is 0 Å². The molecule has 0 radical (unpaired) electrons. The molecule has 1 N–H and O–H groups in total. The van der Waals surface area contributed by atoms with E-state index in [-0.39, 0.29) is 11.7 Å². The molecule has 0 aliphatic heterocycles. The van der Waals surface area contributed by atoms with Gasteiger partial charge in [0.05, 0.1) is 11.8 Å². The fourth-order valence-electron chi connectivity index (χ4n) is 2.72. The third-order valence-electron chi connectivity index (χ3n) is 4.39. The van der Waals surface area contributed by atoms with Crippen molar-refractivity contribution in [3.8, 4) is 11.3 Å². The van der Waals surface area contributed by atoms with Crippen molar-refractivity contribution in [1.29, 1.82) is 0 Å². The van der Waals surface area contributed by atoms with Crippen LogP contribution in [0.3, 0.4) is 0 Å². The van der Waals surface area contributed by atoms with Crippen molar-refractivity contribution in [1.82, 2.24) is 10.3 Å². The Balaban J connectivity index is 1.80. The molecule has 1 aromatic heterocycles. The van der Waals surface area contributed by atoms with Crippen LogP contribution in [0.5, 0.6) is 0 Å². The van der Waals surface area contributed by atoms with Crippen molar-refractivity contribution in [3.05, 3.63) is 42.2 Å². The molecule has 4 nitrogen and oxygen atoms in total. The molecule has 1 heterocycles. The summed E-state index contributed by atoms with van der Waals surface area (Å²) in [7, 11) is 0. The van der Waals surface area contributed by atoms with Gasteiger partial charge in [0.2, 0.25) is 5.91 Å². The summed E-state index contributed by atoms with van der Waals surface area (Å²) < 4.78 is 19.3. The molecule has 1 unspecified atom stereocenters. The Morgan fingerprint density at radius 2 is 2.12 bits per heavy atom. The number of aromatic nitrogens is 1. The fraction of sp³-hybridized carbons (Fsp3) is 0.500. The van der Waals surface area contributed by atoms with E-state index in [4.69, 9.17) is 4.42 Å². The maximum atomic E-state index is 13.7. The molecule has 1 atom stereocenters. The summed E-state index contributed by atoms with van der Waals surface area (Å²) in [5, 5.41) is 2.99. The topological polar surface area (TPSA) is 55.1 Å². The minimum atomic E-state index is -0.347. The molecule has 0 aliphatic carbocycles. The van der Waals surface area contributed by atoms with Gasteiger partial charge in [-0.05, 0) is 24.5 Å². The molecule has 5 heteroatoms. The quantitative estimate of drug-likeness (QED) is 0.676. The van der Waals surface area contributed by atoms with Gasteiger partial charge in [-0.25, -0.2) is 9.37 Å². The van der Waals surface area contributed by atoms with Crippen molar-refractivity contribution in [2.24, 2.45) is 5.92 Å². The summed E-state index contributed by atoms with van der Waals surface area (Å²) in [6, 6.07) is 6.41. The maximum Gasteiger partial charge on any atom is 0.220 e. The second-order valence-electron chi connectivity index (χ2n) is 6.32. The minimum Gasteiger partial charge on any atom is -0.441 e. The number of carbonyl (C=O) groups is 1. The number of oxazole rings is 1. The van der Waals surface area contributed by atoms with Crippen LogP contribution in [0.25, 0.3) is 11.3 Å². The Labute approximate surface area is 148 Å². The van der Waals surface area contributed by atoms with Crippen LogP contribution < -0.4 is 5.32 Å². The number of halogens is 1. The molecule has 0 bridgehead atoms. The van der Waals surface area contributed by atoms with Crippen LogP contribution in [-0.2, 0) is 11.2 Å². The van der Waals surface area contributed by atoms with Crippen molar-refractivity contribution in [3.63, 3.8) is 0 Å². The lowest BCUT2D eigenvalue weighted by Crippen LogP contribution is -2.29. The number of hydrogen-bond donors (Lipinski definition) is 1. The lowest BCUT2D eigenvalue weighted by molar-refractivity contribution is -0.121. The van der Waals surface area contributed by atoms with E-state index in [0.717, 1.165) is 19.4 Å². The summed E-state index contributed by atoms with van der Waals surface area (Å²) in [5.74, 6) is 1.03. The lowest BCUT2D eigenvalue weighted by atomic mass is 9.99. The number of amides is 1. The molecular weight excluding hydrogens is 319 g/mol. The van der Waals surface area contributed by atoms with E-state index in [2.05, 4.69) is 24.1 Å². The molecule has 1 amide bonds. The summed E-state index contributed by atoms with van der Waals surface area (Å²) >= 11 is 0. The zero-order valence-electron chi connectivity index (χ0n) is 15.1. The van der Waals surface area contributed by atoms with Gasteiger partial charge in [0, 0.05) is 19.4 Å². The Morgan fingerprint density at radius 3 is 2.84 bits per heavy atom. The zero-order valence-corrected chi connectivity index (χ0v) is 15.1. The summed E-state index contributed by atoms with van der Waals surface area (Å²) in [5.41, 5.74) is 0.382. The summed E-state index contributed by atoms with van der Waals surface area (Å²) in [6.45, 7) is 5.06. The molecule has 0 aliphatic rings. The monoisotopic (exact) mass is 346 g/mol. The molecule has 2 rings (SSSR count). The number of aryl methyl sites for hydroxylation is 1. The molecule has 25 heavy (non-hydrogen) atoms. The number of hydrogen-bond acceptors (Lipinski definition) is 3. The zero-order chi connectivity index (χ0) is 18.1. The first-order valence-corrected chi connectivity index (χ1v) is 9.10. The molecular formula is C20H27FN2O2. The number of rotatable bonds is 10. The highest BCUT2D eigenvalue weighted by Gasteiger charge is 2.12. The highest BCUT2D eigenvalue weighted by molar-refractivity contribution is 5.76. The van der Waals surface area contributed by atoms with E-state index >= 15 is 0 Å². The van der Waals surface area contributed by atoms with E-state index < -0.39 is 0 Å². The Kier molecular flexibility index (Phi) is 7.64. The summed E-state index contributed by atoms with van der Waals surface area (Å²) in [4.78, 5) is 16.1. The summed E-state index contributed by atoms with van der Waals surface area (Å²) in [6.07, 6.45) is 6.84. The Morgan fingerprint density at radius 1 is 1.32 bits per heavy atom. The van der Waals surface area contributed by atoms with Crippen LogP contribution in [-0.4, -0.2) is 17.4 Å². The SMILES string of the molecule is CCCCC(CC)CNC(=O)CCc1ncc(-c2ccccc2F)o1. The van der Waals surface area contributed by atoms with Crippen LogP contribution >= 0.6 is 0 Å². The van der Waals surface area contributed by atoms with E-state index in [1.807, 2.05) is 0 Å². The number of nitrogens with zero attached hydrogens (tertiary/aromatic N) is 1. The van der Waals surface area contributed by atoms with Gasteiger partial charge in [0.1, 0.15) is 5.82 Å². The smallest absolute Gasteiger partial charge is 0.220 e. The van der Waals surface area contributed by atoms with Crippen LogP contribution in [0.4, 0.5) is 4.39 Å². The van der Waals surface area contributed by atoms with Gasteiger partial charge < -0.3 is 9.73 Å². The van der Waals surface area contributed by atoms with Gasteiger partial charge in [-0.1, -0.05) is 45.2 Å². The molecule has 2 aromatic rings. The largest absolute Gasteiger partial charge is 0.441 e. The molecule has 1 aromatic carbocycles. The Hall–Kier alpha value is -2.17. The first-order chi connectivity index (χ1) is 12.1. The molecule has 136 valence electrons. The predicted octanol–water partition coefficient (Wildman–Crippen LogP) is 4.75. The van der Waals surface area contributed by atoms with E-state index in [1.54, 1.807) is 18.2 Å². The van der Waals surface area contributed by atoms with E-state index in [9.17, 15) is 9.18 Å². The number of unbranched alkanes of at least 4 members (excludes halogenated alkanes) is 1. The Bertz CT molecular complexity index is 669. The van der Waals surface area contributed by atoms with Crippen LogP contribution in [0.15, 0.2) is 34.9 Å². The fourth-order valence-corrected chi connectivity index (χ4v) is 2.72. The van der Waals surface area contributed by atoms with Crippen molar-refractivity contribution in [2.75, 3.05) is 6.54 Å². The number of carbonyl (C=O) groups excluding carboxylic acids is 1. The predicted molar refractivity (Wildman–Crippen MR) is 96.5 cm³/mol. The van der Waals surface area contributed by atoms with Crippen molar-refractivity contribution < 1.29 is 13.6 Å². The average molecular weight is 346 g/mol. The number of nitrogens with one attached hydrogen (secondary N) is 1. The van der Waals surface area contributed by atoms with Gasteiger partial charge in [-0.15, -0.1) is 0 Å². The third-order valence-corrected chi connectivity index (χ3v) is 4.39. The second kappa shape index (κ2) is 9.97. The molecule has 0 saturated carbocycles. The molecule has 0 spiro atoms. The minimum absolute atomic E-state index is 0.000546. The normalized spacial score (nSPS) is 12.1. The lowest BCUT2D eigenvalue weighted by Gasteiger charge is -2.15. The van der Waals surface area contributed by atoms with Crippen molar-refractivity contribution in [2.45, 2.75) is 52.4 Å². The van der Waals surface area contributed by atoms with Crippen LogP contribution in [0.2, 0.25) is 0 Å². The van der Waals surface area contributed by atoms with Gasteiger partial charge in [-0.3, -0.25) is 4.79 Å². The highest BCUT2D eigenvalue weighted by Crippen LogP contribution is 2.23. The van der Waals surface area contributed by atoms with E-state index in [1.165, 1.54) is 25.1 Å². The van der Waals surface area contributed by atoms with Crippen LogP contribution in [0, 0.1) is 11.7 Å². The van der Waals surface area contributed by atoms with Crippen molar-refractivity contribution >= 4 is 5.91 Å². The highest BCUT2D eigenvalue weighted by atomic mass is 19.1. The maximum absolute atomic E-state index is 13.7. The van der Waals surface area contributed by atoms with Gasteiger partial charge >= 0.3 is 0 Å². The first kappa shape index (κ1) is 19.2.